The largest absolute Gasteiger partial charge is 0.478 e. The van der Waals surface area contributed by atoms with Crippen molar-refractivity contribution in [2.75, 3.05) is 19.8 Å². The third-order valence-corrected chi connectivity index (χ3v) is 3.39. The summed E-state index contributed by atoms with van der Waals surface area (Å²) in [6.45, 7) is 6.66. The van der Waals surface area contributed by atoms with E-state index in [4.69, 9.17) is 9.84 Å². The maximum absolute atomic E-state index is 13.4. The topological polar surface area (TPSA) is 49.8 Å². The van der Waals surface area contributed by atoms with Crippen molar-refractivity contribution in [3.05, 3.63) is 35.1 Å². The SMILES string of the molecule is CC1(C)COCCN1Cc1cc(F)cc(C(=O)O)c1. The predicted octanol–water partition coefficient (Wildman–Crippen LogP) is 2.13. The lowest BCUT2D eigenvalue weighted by Crippen LogP contribution is -2.52. The highest BCUT2D eigenvalue weighted by atomic mass is 19.1. The van der Waals surface area contributed by atoms with E-state index in [2.05, 4.69) is 18.7 Å². The van der Waals surface area contributed by atoms with Crippen LogP contribution >= 0.6 is 0 Å². The summed E-state index contributed by atoms with van der Waals surface area (Å²) in [6.07, 6.45) is 0. The fourth-order valence-electron chi connectivity index (χ4n) is 2.27. The van der Waals surface area contributed by atoms with Crippen molar-refractivity contribution in [3.8, 4) is 0 Å². The first-order chi connectivity index (χ1) is 8.88. The van der Waals surface area contributed by atoms with Crippen LogP contribution in [0.15, 0.2) is 18.2 Å². The highest BCUT2D eigenvalue weighted by Crippen LogP contribution is 2.22. The number of nitrogens with zero attached hydrogens (tertiary/aromatic N) is 1. The van der Waals surface area contributed by atoms with Gasteiger partial charge in [0.15, 0.2) is 0 Å². The molecular weight excluding hydrogens is 249 g/mol. The van der Waals surface area contributed by atoms with Gasteiger partial charge in [0.1, 0.15) is 5.82 Å². The normalized spacial score (nSPS) is 19.3. The molecule has 0 saturated carbocycles. The predicted molar refractivity (Wildman–Crippen MR) is 68.7 cm³/mol. The molecule has 4 nitrogen and oxygen atoms in total. The zero-order valence-electron chi connectivity index (χ0n) is 11.1. The zero-order valence-corrected chi connectivity index (χ0v) is 11.1. The van der Waals surface area contributed by atoms with E-state index < -0.39 is 11.8 Å². The standard InChI is InChI=1S/C14H18FNO3/c1-14(2)9-19-4-3-16(14)8-10-5-11(13(17)18)7-12(15)6-10/h5-7H,3-4,8-9H2,1-2H3,(H,17,18). The van der Waals surface area contributed by atoms with Gasteiger partial charge in [-0.15, -0.1) is 0 Å². The molecule has 0 aromatic heterocycles. The fourth-order valence-corrected chi connectivity index (χ4v) is 2.27. The van der Waals surface area contributed by atoms with Crippen LogP contribution in [0.25, 0.3) is 0 Å². The summed E-state index contributed by atoms with van der Waals surface area (Å²) in [5, 5.41) is 8.94. The van der Waals surface area contributed by atoms with Gasteiger partial charge in [-0.25, -0.2) is 9.18 Å². The lowest BCUT2D eigenvalue weighted by molar-refractivity contribution is -0.0553. The maximum atomic E-state index is 13.4. The molecule has 0 spiro atoms. The van der Waals surface area contributed by atoms with E-state index in [1.165, 1.54) is 12.1 Å². The molecule has 5 heteroatoms. The van der Waals surface area contributed by atoms with Gasteiger partial charge in [0.25, 0.3) is 0 Å². The Morgan fingerprint density at radius 1 is 1.47 bits per heavy atom. The average Bonchev–Trinajstić information content (AvgIpc) is 2.31. The fraction of sp³-hybridized carbons (Fsp3) is 0.500. The number of benzene rings is 1. The number of rotatable bonds is 3. The number of ether oxygens (including phenoxy) is 1. The van der Waals surface area contributed by atoms with Gasteiger partial charge in [0, 0.05) is 18.6 Å². The molecular formula is C14H18FNO3. The minimum atomic E-state index is -1.11. The molecule has 1 N–H and O–H groups in total. The Balaban J connectivity index is 2.20. The number of halogens is 1. The Hall–Kier alpha value is -1.46. The van der Waals surface area contributed by atoms with Gasteiger partial charge in [0.2, 0.25) is 0 Å². The molecule has 1 saturated heterocycles. The van der Waals surface area contributed by atoms with Gasteiger partial charge >= 0.3 is 5.97 Å². The van der Waals surface area contributed by atoms with Crippen LogP contribution < -0.4 is 0 Å². The number of hydrogen-bond donors (Lipinski definition) is 1. The summed E-state index contributed by atoms with van der Waals surface area (Å²) < 4.78 is 18.9. The smallest absolute Gasteiger partial charge is 0.335 e. The molecule has 0 aliphatic carbocycles. The van der Waals surface area contributed by atoms with Gasteiger partial charge in [0.05, 0.1) is 18.8 Å². The first kappa shape index (κ1) is 14.0. The van der Waals surface area contributed by atoms with Gasteiger partial charge in [-0.05, 0) is 37.6 Å². The summed E-state index contributed by atoms with van der Waals surface area (Å²) >= 11 is 0. The van der Waals surface area contributed by atoms with Crippen molar-refractivity contribution in [3.63, 3.8) is 0 Å². The van der Waals surface area contributed by atoms with Crippen molar-refractivity contribution >= 4 is 5.97 Å². The molecule has 1 aromatic carbocycles. The Labute approximate surface area is 111 Å². The molecule has 1 fully saturated rings. The molecule has 1 aromatic rings. The van der Waals surface area contributed by atoms with Crippen LogP contribution in [0.2, 0.25) is 0 Å². The van der Waals surface area contributed by atoms with E-state index in [9.17, 15) is 9.18 Å². The summed E-state index contributed by atoms with van der Waals surface area (Å²) in [4.78, 5) is 13.1. The van der Waals surface area contributed by atoms with Gasteiger partial charge in [-0.1, -0.05) is 0 Å². The van der Waals surface area contributed by atoms with Gasteiger partial charge in [-0.2, -0.15) is 0 Å². The molecule has 0 atom stereocenters. The van der Waals surface area contributed by atoms with Gasteiger partial charge in [-0.3, -0.25) is 4.90 Å². The zero-order chi connectivity index (χ0) is 14.0. The van der Waals surface area contributed by atoms with Crippen LogP contribution in [-0.2, 0) is 11.3 Å². The summed E-state index contributed by atoms with van der Waals surface area (Å²) in [6, 6.07) is 3.95. The summed E-state index contributed by atoms with van der Waals surface area (Å²) in [5.41, 5.74) is 0.530. The van der Waals surface area contributed by atoms with Crippen LogP contribution in [0.4, 0.5) is 4.39 Å². The van der Waals surface area contributed by atoms with Gasteiger partial charge < -0.3 is 9.84 Å². The summed E-state index contributed by atoms with van der Waals surface area (Å²) in [7, 11) is 0. The summed E-state index contributed by atoms with van der Waals surface area (Å²) in [5.74, 6) is -1.62. The number of carboxylic acid groups (broad SMARTS) is 1. The minimum absolute atomic E-state index is 0.0129. The highest BCUT2D eigenvalue weighted by Gasteiger charge is 2.30. The highest BCUT2D eigenvalue weighted by molar-refractivity contribution is 5.87. The molecule has 1 aliphatic heterocycles. The van der Waals surface area contributed by atoms with Crippen molar-refractivity contribution in [1.82, 2.24) is 4.90 Å². The quantitative estimate of drug-likeness (QED) is 0.911. The van der Waals surface area contributed by atoms with Crippen LogP contribution in [0.1, 0.15) is 29.8 Å². The van der Waals surface area contributed by atoms with Crippen molar-refractivity contribution in [2.45, 2.75) is 25.9 Å². The molecule has 0 unspecified atom stereocenters. The van der Waals surface area contributed by atoms with Crippen LogP contribution in [-0.4, -0.2) is 41.3 Å². The van der Waals surface area contributed by atoms with E-state index in [-0.39, 0.29) is 11.1 Å². The van der Waals surface area contributed by atoms with E-state index in [1.54, 1.807) is 0 Å². The Bertz CT molecular complexity index is 488. The second kappa shape index (κ2) is 5.27. The second-order valence-electron chi connectivity index (χ2n) is 5.44. The maximum Gasteiger partial charge on any atom is 0.335 e. The van der Waals surface area contributed by atoms with Crippen molar-refractivity contribution in [1.29, 1.82) is 0 Å². The molecule has 0 radical (unpaired) electrons. The number of hydrogen-bond acceptors (Lipinski definition) is 3. The van der Waals surface area contributed by atoms with E-state index in [1.807, 2.05) is 0 Å². The van der Waals surface area contributed by atoms with Crippen LogP contribution in [0, 0.1) is 5.82 Å². The second-order valence-corrected chi connectivity index (χ2v) is 5.44. The first-order valence-electron chi connectivity index (χ1n) is 6.24. The number of carbonyl (C=O) groups is 1. The molecule has 2 rings (SSSR count). The monoisotopic (exact) mass is 267 g/mol. The molecule has 0 bridgehead atoms. The third-order valence-electron chi connectivity index (χ3n) is 3.39. The average molecular weight is 267 g/mol. The number of carboxylic acids is 1. The van der Waals surface area contributed by atoms with E-state index in [0.717, 1.165) is 12.6 Å². The molecule has 1 heterocycles. The van der Waals surface area contributed by atoms with Crippen LogP contribution in [0.5, 0.6) is 0 Å². The van der Waals surface area contributed by atoms with Crippen molar-refractivity contribution in [2.24, 2.45) is 0 Å². The Morgan fingerprint density at radius 2 is 2.21 bits per heavy atom. The molecule has 1 aliphatic rings. The Morgan fingerprint density at radius 3 is 2.84 bits per heavy atom. The van der Waals surface area contributed by atoms with Crippen molar-refractivity contribution < 1.29 is 19.0 Å². The number of aromatic carboxylic acids is 1. The molecule has 19 heavy (non-hydrogen) atoms. The van der Waals surface area contributed by atoms with E-state index in [0.29, 0.717) is 25.3 Å². The van der Waals surface area contributed by atoms with Crippen LogP contribution in [0.3, 0.4) is 0 Å². The lowest BCUT2D eigenvalue weighted by atomic mass is 10.0. The third kappa shape index (κ3) is 3.30. The van der Waals surface area contributed by atoms with E-state index >= 15 is 0 Å². The lowest BCUT2D eigenvalue weighted by Gasteiger charge is -2.42. The molecule has 0 amide bonds. The number of morpholine rings is 1. The first-order valence-corrected chi connectivity index (χ1v) is 6.24. The molecule has 104 valence electrons. The minimum Gasteiger partial charge on any atom is -0.478 e. The Kier molecular flexibility index (Phi) is 3.87.